The average molecular weight is 1160 g/mol. The van der Waals surface area contributed by atoms with Gasteiger partial charge in [0.25, 0.3) is 0 Å². The molecule has 17 atom stereocenters. The molecule has 12 aliphatic carbocycles. The molecule has 0 bridgehead atoms. The van der Waals surface area contributed by atoms with E-state index < -0.39 is 0 Å². The van der Waals surface area contributed by atoms with E-state index >= 15 is 0 Å². The molecule has 7 saturated carbocycles. The molecule has 0 radical (unpaired) electrons. The summed E-state index contributed by atoms with van der Waals surface area (Å²) in [5.41, 5.74) is 13.5. The van der Waals surface area contributed by atoms with E-state index in [1.807, 2.05) is 0 Å². The maximum atomic E-state index is 12.1. The second-order valence-corrected chi connectivity index (χ2v) is 32.1. The van der Waals surface area contributed by atoms with E-state index in [1.165, 1.54) is 134 Å². The van der Waals surface area contributed by atoms with Crippen molar-refractivity contribution in [2.24, 2.45) is 91.7 Å². The summed E-state index contributed by atoms with van der Waals surface area (Å²) < 4.78 is 7.45. The van der Waals surface area contributed by atoms with E-state index in [9.17, 15) is 14.7 Å². The molecule has 9 unspecified atom stereocenters. The van der Waals surface area contributed by atoms with Crippen LogP contribution in [0.5, 0.6) is 0 Å². The van der Waals surface area contributed by atoms with Crippen LogP contribution in [0, 0.1) is 91.7 Å². The van der Waals surface area contributed by atoms with Crippen molar-refractivity contribution in [2.75, 3.05) is 0 Å². The first kappa shape index (κ1) is 56.5. The maximum Gasteiger partial charge on any atom is 0.136 e. The lowest BCUT2D eigenvalue weighted by Crippen LogP contribution is -2.53. The Balaban J connectivity index is 0.000000106. The number of rotatable bonds is 3. The van der Waals surface area contributed by atoms with Gasteiger partial charge < -0.3 is 18.8 Å². The smallest absolute Gasteiger partial charge is 0.136 e. The topological polar surface area (TPSA) is 69.2 Å². The molecule has 454 valence electrons. The monoisotopic (exact) mass is 1160 g/mol. The average Bonchev–Trinajstić information content (AvgIpc) is 1.79. The Labute approximate surface area is 518 Å². The standard InChI is InChI=1S/2C27H33NO.C27H31NO/c3*1-26-14-11-20(29)17-19(26)7-8-21-22-9-10-25(27(22,2)15-12-23(21)26)28-16-13-18-5-3-4-6-24(18)28/h3-6,10,13,16,19,21-23H,7-9,11-12,14-15,17H2,1-2H3;3-7,10,13,16,20-23,29H,8-9,11-12,14-15,17H2,1-2H3;3-7,10,13,16,21-23H,8-9,11-12,14-15,17H2,1-2H3/t19-,21?,22?,23?,26-,27-;20-,21?,22?,23?,26-,27-;21?,22?,23?,26-,27-/m000/s1. The summed E-state index contributed by atoms with van der Waals surface area (Å²) in [5.74, 6) is 8.62. The van der Waals surface area contributed by atoms with Crippen molar-refractivity contribution in [3.63, 3.8) is 0 Å². The van der Waals surface area contributed by atoms with E-state index in [4.69, 9.17) is 0 Å². The number of aromatic nitrogens is 3. The maximum absolute atomic E-state index is 12.1. The Bertz CT molecular complexity index is 3910. The van der Waals surface area contributed by atoms with Gasteiger partial charge in [-0.3, -0.25) is 9.59 Å². The van der Waals surface area contributed by atoms with Gasteiger partial charge in [-0.1, -0.05) is 138 Å². The largest absolute Gasteiger partial charge is 0.393 e. The van der Waals surface area contributed by atoms with Gasteiger partial charge in [-0.25, -0.2) is 0 Å². The summed E-state index contributed by atoms with van der Waals surface area (Å²) in [6.45, 7) is 15.2. The number of para-hydroxylation sites is 3. The second kappa shape index (κ2) is 20.7. The molecule has 0 amide bonds. The first-order valence-electron chi connectivity index (χ1n) is 34.9. The number of carbonyl (C=O) groups is 2. The number of allylic oxidation sites excluding steroid dienone is 9. The Morgan fingerprint density at radius 2 is 0.828 bits per heavy atom. The highest BCUT2D eigenvalue weighted by Gasteiger charge is 2.61. The minimum Gasteiger partial charge on any atom is -0.393 e. The molecular weight excluding hydrogens is 1060 g/mol. The van der Waals surface area contributed by atoms with E-state index in [2.05, 4.69) is 195 Å². The third-order valence-corrected chi connectivity index (χ3v) is 28.7. The van der Waals surface area contributed by atoms with Crippen LogP contribution in [0.3, 0.4) is 0 Å². The van der Waals surface area contributed by atoms with Crippen molar-refractivity contribution in [3.8, 4) is 0 Å². The van der Waals surface area contributed by atoms with Crippen molar-refractivity contribution < 1.29 is 14.7 Å². The number of benzene rings is 3. The highest BCUT2D eigenvalue weighted by molar-refractivity contribution is 5.87. The van der Waals surface area contributed by atoms with Crippen LogP contribution in [0.1, 0.15) is 183 Å². The number of hydrogen-bond donors (Lipinski definition) is 1. The lowest BCUT2D eigenvalue weighted by molar-refractivity contribution is -0.136. The minimum absolute atomic E-state index is 0.110. The predicted octanol–water partition coefficient (Wildman–Crippen LogP) is 19.7. The fourth-order valence-corrected chi connectivity index (χ4v) is 23.8. The molecule has 7 fully saturated rings. The Morgan fingerprint density at radius 1 is 0.391 bits per heavy atom. The fraction of sp³-hybridized carbons (Fsp3) is 0.556. The molecule has 0 saturated heterocycles. The summed E-state index contributed by atoms with van der Waals surface area (Å²) >= 11 is 0. The molecule has 6 aromatic rings. The van der Waals surface area contributed by atoms with Crippen LogP contribution in [0.4, 0.5) is 0 Å². The number of aliphatic hydroxyl groups is 1. The molecule has 6 heteroatoms. The molecule has 87 heavy (non-hydrogen) atoms. The number of fused-ring (bicyclic) bond motifs is 18. The van der Waals surface area contributed by atoms with Gasteiger partial charge in [-0.15, -0.1) is 0 Å². The molecule has 3 aromatic heterocycles. The lowest BCUT2D eigenvalue weighted by atomic mass is 9.45. The number of hydrogen-bond acceptors (Lipinski definition) is 3. The van der Waals surface area contributed by atoms with Gasteiger partial charge in [0.15, 0.2) is 0 Å². The van der Waals surface area contributed by atoms with Crippen LogP contribution < -0.4 is 0 Å². The van der Waals surface area contributed by atoms with Gasteiger partial charge in [0.05, 0.1) is 22.7 Å². The quantitative estimate of drug-likeness (QED) is 0.180. The van der Waals surface area contributed by atoms with Gasteiger partial charge in [0, 0.05) is 77.6 Å². The fourth-order valence-electron chi connectivity index (χ4n) is 23.8. The number of nitrogens with zero attached hydrogens (tertiary/aromatic N) is 3. The first-order valence-corrected chi connectivity index (χ1v) is 34.9. The molecular formula is C81H97N3O3. The van der Waals surface area contributed by atoms with E-state index in [0.29, 0.717) is 28.3 Å². The molecule has 1 N–H and O–H groups in total. The van der Waals surface area contributed by atoms with Crippen LogP contribution in [-0.4, -0.2) is 36.5 Å². The number of Topliss-reactive ketones (excluding diaryl/α,β-unsaturated/α-hetero) is 2. The second-order valence-electron chi connectivity index (χ2n) is 32.1. The van der Waals surface area contributed by atoms with Gasteiger partial charge in [0.2, 0.25) is 0 Å². The number of carbonyl (C=O) groups excluding carboxylic acids is 2. The summed E-state index contributed by atoms with van der Waals surface area (Å²) in [6.07, 6.45) is 44.5. The van der Waals surface area contributed by atoms with Crippen molar-refractivity contribution in [1.82, 2.24) is 13.7 Å². The highest BCUT2D eigenvalue weighted by Crippen LogP contribution is 2.70. The molecule has 0 aliphatic heterocycles. The summed E-state index contributed by atoms with van der Waals surface area (Å²) in [6, 6.07) is 33.1. The minimum atomic E-state index is -0.110. The van der Waals surface area contributed by atoms with Crippen molar-refractivity contribution in [1.29, 1.82) is 0 Å². The van der Waals surface area contributed by atoms with Crippen LogP contribution >= 0.6 is 0 Å². The van der Waals surface area contributed by atoms with Gasteiger partial charge in [-0.2, -0.15) is 0 Å². The van der Waals surface area contributed by atoms with Crippen molar-refractivity contribution in [2.45, 2.75) is 189 Å². The van der Waals surface area contributed by atoms with Crippen LogP contribution in [0.25, 0.3) is 49.8 Å². The zero-order valence-electron chi connectivity index (χ0n) is 53.3. The predicted molar refractivity (Wildman–Crippen MR) is 356 cm³/mol. The summed E-state index contributed by atoms with van der Waals surface area (Å²) in [5, 5.41) is 14.2. The van der Waals surface area contributed by atoms with Crippen molar-refractivity contribution in [3.05, 3.63) is 151 Å². The first-order chi connectivity index (χ1) is 42.0. The third-order valence-electron chi connectivity index (χ3n) is 28.7. The Hall–Kier alpha value is -5.72. The summed E-state index contributed by atoms with van der Waals surface area (Å²) in [4.78, 5) is 24.2. The van der Waals surface area contributed by atoms with Crippen LogP contribution in [0.15, 0.2) is 151 Å². The highest BCUT2D eigenvalue weighted by atomic mass is 16.3. The Kier molecular flexibility index (Phi) is 13.4. The van der Waals surface area contributed by atoms with Gasteiger partial charge >= 0.3 is 0 Å². The van der Waals surface area contributed by atoms with Crippen LogP contribution in [0.2, 0.25) is 0 Å². The molecule has 6 nitrogen and oxygen atoms in total. The molecule has 3 heterocycles. The Morgan fingerprint density at radius 3 is 1.34 bits per heavy atom. The molecule has 18 rings (SSSR count). The normalized spacial score (nSPS) is 40.6. The van der Waals surface area contributed by atoms with Crippen LogP contribution in [-0.2, 0) is 9.59 Å². The lowest BCUT2D eigenvalue weighted by Gasteiger charge is -2.60. The van der Waals surface area contributed by atoms with Gasteiger partial charge in [0.1, 0.15) is 11.6 Å². The van der Waals surface area contributed by atoms with Gasteiger partial charge in [-0.05, 0) is 244 Å². The molecule has 3 aromatic carbocycles. The number of aliphatic hydroxyl groups excluding tert-OH is 1. The van der Waals surface area contributed by atoms with E-state index in [-0.39, 0.29) is 27.8 Å². The molecule has 0 spiro atoms. The molecule has 12 aliphatic rings. The zero-order chi connectivity index (χ0) is 59.4. The van der Waals surface area contributed by atoms with E-state index in [1.54, 1.807) is 17.0 Å². The SMILES string of the molecule is C[C@]12CCC(=O)CC1=CCC1C2CC[C@]2(C)C(n3ccc4ccccc43)=CCC12.C[C@]12CCC3C(CC[C@H]4CC(=O)CC[C@]34C)C1CC=C2n1ccc2ccccc21.C[C@]12CC[C@H](O)CC1=CCC1C2CC[C@]2(C)C(n3ccc4ccccc43)=CCC12. The number of ketones is 2. The van der Waals surface area contributed by atoms with E-state index in [0.717, 1.165) is 105 Å². The van der Waals surface area contributed by atoms with Crippen molar-refractivity contribution >= 4 is 61.4 Å². The summed E-state index contributed by atoms with van der Waals surface area (Å²) in [7, 11) is 0. The third kappa shape index (κ3) is 8.52. The zero-order valence-corrected chi connectivity index (χ0v) is 53.3.